The number of carbonyl (C=O) groups excluding carboxylic acids is 1. The first-order valence-corrected chi connectivity index (χ1v) is 14.5. The summed E-state index contributed by atoms with van der Waals surface area (Å²) in [5.41, 5.74) is 3.52. The Labute approximate surface area is 222 Å². The summed E-state index contributed by atoms with van der Waals surface area (Å²) in [4.78, 5) is 23.3. The topological polar surface area (TPSA) is 64.3 Å². The van der Waals surface area contributed by atoms with Crippen LogP contribution in [0.15, 0.2) is 24.3 Å². The molecule has 196 valence electrons. The molecule has 1 saturated carbocycles. The van der Waals surface area contributed by atoms with E-state index < -0.39 is 0 Å². The number of methoxy groups -OCH3 is 1. The minimum Gasteiger partial charge on any atom is -0.494 e. The van der Waals surface area contributed by atoms with E-state index in [1.54, 1.807) is 7.11 Å². The summed E-state index contributed by atoms with van der Waals surface area (Å²) in [6.07, 6.45) is 5.84. The quantitative estimate of drug-likeness (QED) is 0.330. The molecule has 1 atom stereocenters. The van der Waals surface area contributed by atoms with Crippen LogP contribution < -0.4 is 10.1 Å². The first-order chi connectivity index (χ1) is 18.0. The molecule has 4 heterocycles. The molecule has 7 nitrogen and oxygen atoms in total. The Bertz CT molecular complexity index is 1460. The van der Waals surface area contributed by atoms with Gasteiger partial charge in [-0.1, -0.05) is 6.92 Å². The van der Waals surface area contributed by atoms with Gasteiger partial charge in [-0.05, 0) is 75.8 Å². The van der Waals surface area contributed by atoms with Crippen molar-refractivity contribution in [3.05, 3.63) is 34.7 Å². The van der Waals surface area contributed by atoms with Crippen LogP contribution >= 0.6 is 11.3 Å². The molecule has 1 aliphatic heterocycles. The molecule has 1 saturated heterocycles. The first kappa shape index (κ1) is 24.5. The van der Waals surface area contributed by atoms with Crippen molar-refractivity contribution in [2.75, 3.05) is 26.7 Å². The fourth-order valence-corrected chi connectivity index (χ4v) is 6.78. The summed E-state index contributed by atoms with van der Waals surface area (Å²) in [5.74, 6) is 2.42. The molecule has 0 bridgehead atoms. The van der Waals surface area contributed by atoms with Crippen molar-refractivity contribution in [3.8, 4) is 17.3 Å². The van der Waals surface area contributed by atoms with Crippen molar-refractivity contribution in [2.24, 2.45) is 13.0 Å². The molecular weight excluding hydrogens is 482 g/mol. The van der Waals surface area contributed by atoms with Crippen LogP contribution in [0.25, 0.3) is 32.8 Å². The van der Waals surface area contributed by atoms with Crippen molar-refractivity contribution < 1.29 is 9.53 Å². The molecule has 1 aromatic carbocycles. The number of hydrogen-bond acceptors (Lipinski definition) is 5. The molecule has 2 aliphatic rings. The molecule has 3 aromatic heterocycles. The highest BCUT2D eigenvalue weighted by Gasteiger charge is 2.28. The average molecular weight is 520 g/mol. The summed E-state index contributed by atoms with van der Waals surface area (Å²) in [7, 11) is 3.73. The lowest BCUT2D eigenvalue weighted by atomic mass is 10.0. The zero-order valence-corrected chi connectivity index (χ0v) is 23.2. The molecule has 6 rings (SSSR count). The van der Waals surface area contributed by atoms with Gasteiger partial charge in [-0.25, -0.2) is 4.98 Å². The third kappa shape index (κ3) is 4.55. The largest absolute Gasteiger partial charge is 0.494 e. The number of benzene rings is 1. The Balaban J connectivity index is 1.38. The van der Waals surface area contributed by atoms with Gasteiger partial charge in [0.2, 0.25) is 0 Å². The van der Waals surface area contributed by atoms with Crippen molar-refractivity contribution in [1.29, 1.82) is 0 Å². The van der Waals surface area contributed by atoms with Gasteiger partial charge in [-0.3, -0.25) is 4.79 Å². The maximum absolute atomic E-state index is 13.6. The van der Waals surface area contributed by atoms with Crippen LogP contribution in [0.5, 0.6) is 5.75 Å². The zero-order chi connectivity index (χ0) is 25.7. The zero-order valence-electron chi connectivity index (χ0n) is 22.3. The summed E-state index contributed by atoms with van der Waals surface area (Å²) in [5, 5.41) is 4.87. The lowest BCUT2D eigenvalue weighted by molar-refractivity contribution is 0.0695. The highest BCUT2D eigenvalue weighted by Crippen LogP contribution is 2.40. The van der Waals surface area contributed by atoms with Gasteiger partial charge in [-0.15, -0.1) is 11.3 Å². The van der Waals surface area contributed by atoms with E-state index >= 15 is 0 Å². The van der Waals surface area contributed by atoms with Gasteiger partial charge >= 0.3 is 0 Å². The fourth-order valence-electron chi connectivity index (χ4n) is 5.77. The molecule has 2 fully saturated rings. The Hall–Kier alpha value is -2.84. The fraction of sp³-hybridized carbons (Fsp3) is 0.517. The normalized spacial score (nSPS) is 18.3. The molecule has 0 spiro atoms. The summed E-state index contributed by atoms with van der Waals surface area (Å²) in [6, 6.07) is 8.76. The maximum Gasteiger partial charge on any atom is 0.254 e. The minimum absolute atomic E-state index is 0.0588. The highest BCUT2D eigenvalue weighted by atomic mass is 32.1. The Morgan fingerprint density at radius 1 is 1.22 bits per heavy atom. The Kier molecular flexibility index (Phi) is 6.49. The van der Waals surface area contributed by atoms with Crippen LogP contribution in [0.2, 0.25) is 0 Å². The van der Waals surface area contributed by atoms with Crippen LogP contribution in [0, 0.1) is 12.8 Å². The molecular formula is C29H37N5O2S. The molecule has 1 aliphatic carbocycles. The van der Waals surface area contributed by atoms with Gasteiger partial charge in [0.1, 0.15) is 16.1 Å². The SMILES string of the molecule is CCCN[C@@H]1CCCN(C(=O)c2cc(OC)c3c(c2)nc(-c2cc4cc(C)sc4n2CC2CC2)n3C)C1. The van der Waals surface area contributed by atoms with Crippen LogP contribution in [-0.4, -0.2) is 57.7 Å². The lowest BCUT2D eigenvalue weighted by Gasteiger charge is -2.33. The van der Waals surface area contributed by atoms with Crippen molar-refractivity contribution in [3.63, 3.8) is 0 Å². The number of piperidine rings is 1. The number of aromatic nitrogens is 3. The van der Waals surface area contributed by atoms with E-state index in [2.05, 4.69) is 47.5 Å². The smallest absolute Gasteiger partial charge is 0.254 e. The van der Waals surface area contributed by atoms with Gasteiger partial charge in [-0.2, -0.15) is 0 Å². The predicted molar refractivity (Wildman–Crippen MR) is 151 cm³/mol. The number of nitrogens with one attached hydrogen (secondary N) is 1. The number of ether oxygens (including phenoxy) is 1. The molecule has 0 unspecified atom stereocenters. The van der Waals surface area contributed by atoms with E-state index in [1.807, 2.05) is 28.4 Å². The second-order valence-electron chi connectivity index (χ2n) is 10.8. The van der Waals surface area contributed by atoms with Gasteiger partial charge in [0, 0.05) is 48.6 Å². The number of nitrogens with zero attached hydrogens (tertiary/aromatic N) is 4. The van der Waals surface area contributed by atoms with Gasteiger partial charge < -0.3 is 24.1 Å². The number of rotatable bonds is 8. The highest BCUT2D eigenvalue weighted by molar-refractivity contribution is 7.18. The van der Waals surface area contributed by atoms with Crippen molar-refractivity contribution in [1.82, 2.24) is 24.3 Å². The van der Waals surface area contributed by atoms with Crippen molar-refractivity contribution >= 4 is 38.5 Å². The van der Waals surface area contributed by atoms with E-state index in [0.29, 0.717) is 17.4 Å². The minimum atomic E-state index is 0.0588. The molecule has 1 amide bonds. The molecule has 8 heteroatoms. The van der Waals surface area contributed by atoms with Crippen molar-refractivity contribution in [2.45, 2.75) is 58.5 Å². The van der Waals surface area contributed by atoms with Crippen LogP contribution in [0.1, 0.15) is 54.3 Å². The second-order valence-corrected chi connectivity index (χ2v) is 12.0. The standard InChI is InChI=1S/C29H37N5O2S/c1-5-10-30-22-7-6-11-33(17-22)28(35)20-13-23-26(25(15-20)36-4)32(3)27(31-23)24-14-21-12-18(2)37-29(21)34(24)16-19-8-9-19/h12-15,19,22,30H,5-11,16-17H2,1-4H3/t22-/m1/s1. The summed E-state index contributed by atoms with van der Waals surface area (Å²) >= 11 is 1.86. The summed E-state index contributed by atoms with van der Waals surface area (Å²) in [6.45, 7) is 7.91. The van der Waals surface area contributed by atoms with E-state index in [0.717, 1.165) is 73.9 Å². The molecule has 0 radical (unpaired) electrons. The number of amides is 1. The Morgan fingerprint density at radius 2 is 2.05 bits per heavy atom. The number of hydrogen-bond donors (Lipinski definition) is 1. The van der Waals surface area contributed by atoms with E-state index in [9.17, 15) is 4.79 Å². The number of imidazole rings is 1. The Morgan fingerprint density at radius 3 is 2.81 bits per heavy atom. The van der Waals surface area contributed by atoms with Crippen LogP contribution in [0.4, 0.5) is 0 Å². The average Bonchev–Trinajstić information content (AvgIpc) is 3.46. The molecule has 37 heavy (non-hydrogen) atoms. The maximum atomic E-state index is 13.6. The lowest BCUT2D eigenvalue weighted by Crippen LogP contribution is -2.48. The number of carbonyl (C=O) groups is 1. The number of fused-ring (bicyclic) bond motifs is 2. The third-order valence-corrected chi connectivity index (χ3v) is 8.94. The van der Waals surface area contributed by atoms with Crippen LogP contribution in [0.3, 0.4) is 0 Å². The molecule has 1 N–H and O–H groups in total. The van der Waals surface area contributed by atoms with Gasteiger partial charge in [0.05, 0.1) is 18.3 Å². The number of aryl methyl sites for hydroxylation is 2. The van der Waals surface area contributed by atoms with E-state index in [4.69, 9.17) is 9.72 Å². The first-order valence-electron chi connectivity index (χ1n) is 13.6. The van der Waals surface area contributed by atoms with E-state index in [-0.39, 0.29) is 5.91 Å². The predicted octanol–water partition coefficient (Wildman–Crippen LogP) is 5.59. The van der Waals surface area contributed by atoms with Crippen LogP contribution in [-0.2, 0) is 13.6 Å². The number of likely N-dealkylation sites (tertiary alicyclic amines) is 1. The van der Waals surface area contributed by atoms with E-state index in [1.165, 1.54) is 27.9 Å². The van der Waals surface area contributed by atoms with Gasteiger partial charge in [0.15, 0.2) is 5.82 Å². The number of thiophene rings is 1. The monoisotopic (exact) mass is 519 g/mol. The third-order valence-electron chi connectivity index (χ3n) is 7.85. The summed E-state index contributed by atoms with van der Waals surface area (Å²) < 4.78 is 10.4. The second kappa shape index (κ2) is 9.80. The van der Waals surface area contributed by atoms with Gasteiger partial charge in [0.25, 0.3) is 5.91 Å². The molecule has 4 aromatic rings.